The molecule has 3 amide bonds. The SMILES string of the molecule is CCOCC(C)COP(=O)(NCCOc1ccc(C(OC)OC)c(Cl)c1)OC(C)(C)C.CCOCCOP(=S)(NC(C)CCC(=O)OC)OC(C)(C)C.CCOCCOP(=S)(NCCCCCNC(=O)CCCC1SCC2C1NC(=O)N2C(c1ccccc1)(c1ccc(OC)cc1)c1ccc(OC)cc1)OC(C)(C)C.COc1ccc(C(NCCCCCNP(=S)(OC(C)C)OC(C)(C)C)(c2ccccc2)c2ccccc2)cc1. The minimum Gasteiger partial charge on any atom is -0.497 e. The van der Waals surface area contributed by atoms with Gasteiger partial charge in [0.15, 0.2) is 6.29 Å². The van der Waals surface area contributed by atoms with Gasteiger partial charge in [0.2, 0.25) is 5.91 Å². The summed E-state index contributed by atoms with van der Waals surface area (Å²) >= 11 is 25.3. The van der Waals surface area contributed by atoms with Gasteiger partial charge in [0.05, 0.1) is 119 Å². The van der Waals surface area contributed by atoms with E-state index in [0.29, 0.717) is 102 Å². The molecule has 9 rings (SSSR count). The van der Waals surface area contributed by atoms with Crippen LogP contribution in [-0.4, -0.2) is 222 Å². The Balaban J connectivity index is 0.000000322. The van der Waals surface area contributed by atoms with Crippen LogP contribution in [0, 0.1) is 5.92 Å². The number of nitrogens with zero attached hydrogens (tertiary/aromatic N) is 1. The Morgan fingerprint density at radius 3 is 1.42 bits per heavy atom. The second-order valence-electron chi connectivity index (χ2n) is 40.1. The van der Waals surface area contributed by atoms with Gasteiger partial charge in [-0.05, 0) is 300 Å². The van der Waals surface area contributed by atoms with Crippen molar-refractivity contribution in [2.45, 2.75) is 271 Å². The average molecular weight is 2250 g/mol. The van der Waals surface area contributed by atoms with Gasteiger partial charge < -0.3 is 90.0 Å². The van der Waals surface area contributed by atoms with Crippen LogP contribution >= 0.6 is 51.0 Å². The number of carbonyl (C=O) groups is 3. The lowest BCUT2D eigenvalue weighted by Gasteiger charge is -2.45. The number of ether oxygens (including phenoxy) is 10. The van der Waals surface area contributed by atoms with Gasteiger partial charge in [-0.15, -0.1) is 0 Å². The van der Waals surface area contributed by atoms with Gasteiger partial charge >= 0.3 is 19.7 Å². The first-order valence-electron chi connectivity index (χ1n) is 51.7. The molecule has 0 bridgehead atoms. The third-order valence-corrected chi connectivity index (χ3v) is 35.2. The van der Waals surface area contributed by atoms with Gasteiger partial charge in [-0.1, -0.05) is 159 Å². The molecule has 0 saturated carbocycles. The molecule has 836 valence electrons. The average Bonchev–Trinajstić information content (AvgIpc) is 1.60. The molecule has 7 aromatic rings. The lowest BCUT2D eigenvalue weighted by molar-refractivity contribution is -0.140. The number of unbranched alkanes of at least 4 members (excludes halogenated alkanes) is 4. The van der Waals surface area contributed by atoms with E-state index in [2.05, 4.69) is 155 Å². The maximum atomic E-state index is 14.4. The van der Waals surface area contributed by atoms with E-state index in [1.807, 2.05) is 198 Å². The van der Waals surface area contributed by atoms with Crippen molar-refractivity contribution >= 4 is 104 Å². The molecular formula is C110H173ClN8O22P4S4. The number of thioether (sulfide) groups is 1. The van der Waals surface area contributed by atoms with Crippen molar-refractivity contribution in [3.05, 3.63) is 226 Å². The number of fused-ring (bicyclic) bond motifs is 1. The largest absolute Gasteiger partial charge is 0.497 e. The van der Waals surface area contributed by atoms with Crippen molar-refractivity contribution in [1.29, 1.82) is 0 Å². The first kappa shape index (κ1) is 132. The molecule has 0 aromatic heterocycles. The summed E-state index contributed by atoms with van der Waals surface area (Å²) < 4.78 is 114. The zero-order valence-electron chi connectivity index (χ0n) is 92.7. The third-order valence-electron chi connectivity index (χ3n) is 22.7. The molecule has 0 radical (unpaired) electrons. The van der Waals surface area contributed by atoms with Crippen molar-refractivity contribution in [3.8, 4) is 23.0 Å². The van der Waals surface area contributed by atoms with Crippen molar-refractivity contribution < 1.29 is 103 Å². The molecule has 2 saturated heterocycles. The quantitative estimate of drug-likeness (QED) is 0.00465. The van der Waals surface area contributed by atoms with Crippen LogP contribution < -0.4 is 55.2 Å². The number of hydrogen-bond acceptors (Lipinski definition) is 27. The summed E-state index contributed by atoms with van der Waals surface area (Å²) in [6.07, 6.45) is 8.18. The minimum absolute atomic E-state index is 0.0111. The Hall–Kier alpha value is -5.95. The van der Waals surface area contributed by atoms with E-state index in [1.54, 1.807) is 39.5 Å². The first-order chi connectivity index (χ1) is 70.7. The van der Waals surface area contributed by atoms with Gasteiger partial charge in [0, 0.05) is 102 Å². The Morgan fingerprint density at radius 2 is 0.940 bits per heavy atom. The van der Waals surface area contributed by atoms with Crippen LogP contribution in [0.15, 0.2) is 182 Å². The highest BCUT2D eigenvalue weighted by Crippen LogP contribution is 2.54. The molecule has 0 spiro atoms. The van der Waals surface area contributed by atoms with Crippen molar-refractivity contribution in [3.63, 3.8) is 0 Å². The molecule has 2 fully saturated rings. The van der Waals surface area contributed by atoms with E-state index in [0.717, 1.165) is 104 Å². The number of rotatable bonds is 64. The lowest BCUT2D eigenvalue weighted by Crippen LogP contribution is -2.53. The van der Waals surface area contributed by atoms with Gasteiger partial charge in [-0.3, -0.25) is 24.0 Å². The van der Waals surface area contributed by atoms with E-state index < -0.39 is 61.8 Å². The fourth-order valence-electron chi connectivity index (χ4n) is 16.4. The normalized spacial score (nSPS) is 16.5. The Labute approximate surface area is 915 Å². The zero-order valence-corrected chi connectivity index (χ0v) is 100. The third kappa shape index (κ3) is 46.8. The fraction of sp³-hybridized carbons (Fsp3) is 0.591. The Kier molecular flexibility index (Phi) is 58.8. The van der Waals surface area contributed by atoms with E-state index in [-0.39, 0.29) is 78.7 Å². The van der Waals surface area contributed by atoms with Crippen LogP contribution in [0.1, 0.15) is 247 Å². The highest BCUT2D eigenvalue weighted by atomic mass is 35.5. The number of carbonyl (C=O) groups excluding carboxylic acids is 3. The molecular weight excluding hydrogens is 2070 g/mol. The van der Waals surface area contributed by atoms with Gasteiger partial charge in [0.1, 0.15) is 35.1 Å². The number of methoxy groups -OCH3 is 6. The summed E-state index contributed by atoms with van der Waals surface area (Å²) in [7, 11) is 5.94. The van der Waals surface area contributed by atoms with Crippen LogP contribution in [0.4, 0.5) is 4.79 Å². The summed E-state index contributed by atoms with van der Waals surface area (Å²) in [4.78, 5) is 40.5. The number of esters is 1. The van der Waals surface area contributed by atoms with Gasteiger partial charge in [-0.2, -0.15) is 11.8 Å². The van der Waals surface area contributed by atoms with E-state index >= 15 is 0 Å². The summed E-state index contributed by atoms with van der Waals surface area (Å²) in [6, 6.07) is 61.0. The predicted octanol–water partition coefficient (Wildman–Crippen LogP) is 24.0. The minimum atomic E-state index is -3.53. The van der Waals surface area contributed by atoms with Gasteiger partial charge in [0.25, 0.3) is 19.9 Å². The number of urea groups is 1. The summed E-state index contributed by atoms with van der Waals surface area (Å²) in [5, 5.41) is 24.0. The molecule has 9 atom stereocenters. The van der Waals surface area contributed by atoms with Crippen LogP contribution in [0.3, 0.4) is 0 Å². The van der Waals surface area contributed by atoms with Crippen LogP contribution in [0.2, 0.25) is 5.02 Å². The fourth-order valence-corrected chi connectivity index (χ4v) is 29.5. The number of nitrogens with one attached hydrogen (secondary N) is 7. The van der Waals surface area contributed by atoms with E-state index in [9.17, 15) is 18.9 Å². The highest BCUT2D eigenvalue weighted by Gasteiger charge is 2.57. The smallest absolute Gasteiger partial charge is 0.406 e. The maximum absolute atomic E-state index is 14.4. The summed E-state index contributed by atoms with van der Waals surface area (Å²) in [5.41, 5.74) is 3.93. The monoisotopic (exact) mass is 2250 g/mol. The van der Waals surface area contributed by atoms with E-state index in [1.165, 1.54) is 38.0 Å². The van der Waals surface area contributed by atoms with Gasteiger partial charge in [-0.25, -0.2) is 29.7 Å². The molecule has 7 aromatic carbocycles. The number of hydrogen-bond donors (Lipinski definition) is 7. The van der Waals surface area contributed by atoms with Crippen molar-refractivity contribution in [1.82, 2.24) is 41.2 Å². The molecule has 149 heavy (non-hydrogen) atoms. The molecule has 2 aliphatic heterocycles. The Morgan fingerprint density at radius 1 is 0.490 bits per heavy atom. The number of halogens is 1. The Bertz CT molecular complexity index is 5090. The van der Waals surface area contributed by atoms with Crippen LogP contribution in [0.5, 0.6) is 23.0 Å². The molecule has 39 heteroatoms. The number of amides is 3. The standard InChI is InChI=1S/C43H61N4O7PS2.C32H45N2O3PS.C21H37ClNO7P.C14H30NO5PS/c1-7-52-29-30-53-55(56,54-42(2,3)4)45-28-13-9-12-27-44-39(48)18-14-17-38-40-37(31-57-38)47(41(49)46-40)43(32-15-10-8-11-16-32,33-19-23-35(50-5)24-20-33)34-21-25-36(51-6)26-22-34;1-26(2)36-38(39,37-31(3,4)5)34-25-15-9-14-24-33-32(27-16-10-7-11-17-27,28-18-12-8-13-19-28)29-20-22-30(35-6)23-21-29;1-8-27-14-16(2)15-29-31(24,30-21(3,4)5)23-11-12-28-17-9-10-18(19(22)13-17)20(25-6)26-7;1-7-18-10-11-19-21(22,20-14(3,4)5)15-12(2)8-9-13(16)17-6/h8,10-11,15-16,19-26,37-38,40H,7,9,12-14,17-18,27-31H2,1-6H3,(H,44,48)(H,45,56)(H,46,49);7-8,10-13,16-23,26,33H,9,14-15,24-25H2,1-6H3,(H,34,39);9-10,13,16,20H,8,11-12,14-15H2,1-7H3,(H,23,24);12H,7-11H2,1-6H3,(H,15,22). The topological polar surface area (TPSA) is 322 Å². The molecule has 7 N–H and O–H groups in total. The lowest BCUT2D eigenvalue weighted by atomic mass is 9.74. The van der Waals surface area contributed by atoms with Crippen molar-refractivity contribution in [2.75, 3.05) is 147 Å². The summed E-state index contributed by atoms with van der Waals surface area (Å²) in [5.74, 6) is 3.59. The second kappa shape index (κ2) is 66.6. The van der Waals surface area contributed by atoms with Crippen molar-refractivity contribution in [2.24, 2.45) is 5.92 Å². The van der Waals surface area contributed by atoms with E-state index in [4.69, 9.17) is 126 Å². The maximum Gasteiger partial charge on any atom is 0.406 e. The second-order valence-corrected chi connectivity index (χ2v) is 53.0. The molecule has 9 unspecified atom stereocenters. The molecule has 2 aliphatic rings. The highest BCUT2D eigenvalue weighted by molar-refractivity contribution is 8.09. The zero-order chi connectivity index (χ0) is 110. The van der Waals surface area contributed by atoms with Crippen LogP contribution in [0.25, 0.3) is 0 Å². The number of benzene rings is 7. The first-order valence-corrected chi connectivity index (χ1v) is 62.5. The summed E-state index contributed by atoms with van der Waals surface area (Å²) in [6.45, 7) is 36.9. The molecule has 0 aliphatic carbocycles. The predicted molar refractivity (Wildman–Crippen MR) is 613 cm³/mol. The molecule has 2 heterocycles. The molecule has 30 nitrogen and oxygen atoms in total. The van der Waals surface area contributed by atoms with Crippen LogP contribution in [-0.2, 0) is 125 Å².